The monoisotopic (exact) mass is 296 g/mol. The van der Waals surface area contributed by atoms with Gasteiger partial charge in [-0.2, -0.15) is 0 Å². The van der Waals surface area contributed by atoms with Crippen LogP contribution in [0.2, 0.25) is 0 Å². The highest BCUT2D eigenvalue weighted by atomic mass is 32.1. The van der Waals surface area contributed by atoms with Crippen LogP contribution < -0.4 is 0 Å². The van der Waals surface area contributed by atoms with E-state index in [2.05, 4.69) is 4.98 Å². The minimum atomic E-state index is -0.536. The summed E-state index contributed by atoms with van der Waals surface area (Å²) in [6.07, 6.45) is 0. The standard InChI is InChI=1S/C14H17FN2O2S/c1-7(2)12(13(18)19-4)17-11-5-8(3)9(15)6-10(11)16-14(17)20/h5-7,12H,1-4H3,(H,16,20). The number of esters is 1. The molecule has 1 aromatic heterocycles. The predicted molar refractivity (Wildman–Crippen MR) is 77.7 cm³/mol. The summed E-state index contributed by atoms with van der Waals surface area (Å²) in [7, 11) is 1.35. The van der Waals surface area contributed by atoms with Crippen LogP contribution in [-0.2, 0) is 9.53 Å². The number of halogens is 1. The lowest BCUT2D eigenvalue weighted by atomic mass is 10.0. The molecule has 2 rings (SSSR count). The Bertz CT molecular complexity index is 718. The lowest BCUT2D eigenvalue weighted by Gasteiger charge is -2.20. The van der Waals surface area contributed by atoms with E-state index in [1.807, 2.05) is 13.8 Å². The molecular weight excluding hydrogens is 279 g/mol. The van der Waals surface area contributed by atoms with E-state index in [4.69, 9.17) is 17.0 Å². The van der Waals surface area contributed by atoms with Gasteiger partial charge in [-0.05, 0) is 42.8 Å². The maximum atomic E-state index is 13.6. The highest BCUT2D eigenvalue weighted by Crippen LogP contribution is 2.27. The van der Waals surface area contributed by atoms with Gasteiger partial charge in [0.15, 0.2) is 4.77 Å². The predicted octanol–water partition coefficient (Wildman–Crippen LogP) is 3.52. The van der Waals surface area contributed by atoms with Gasteiger partial charge in [-0.1, -0.05) is 13.8 Å². The van der Waals surface area contributed by atoms with Crippen molar-refractivity contribution in [1.82, 2.24) is 9.55 Å². The molecule has 0 saturated heterocycles. The molecule has 0 spiro atoms. The number of benzene rings is 1. The Labute approximate surface area is 121 Å². The van der Waals surface area contributed by atoms with Crippen LogP contribution in [0.1, 0.15) is 25.5 Å². The summed E-state index contributed by atoms with van der Waals surface area (Å²) in [4.78, 5) is 15.0. The van der Waals surface area contributed by atoms with Gasteiger partial charge in [0, 0.05) is 0 Å². The highest BCUT2D eigenvalue weighted by molar-refractivity contribution is 7.71. The van der Waals surface area contributed by atoms with E-state index in [1.165, 1.54) is 13.2 Å². The Morgan fingerprint density at radius 3 is 2.65 bits per heavy atom. The van der Waals surface area contributed by atoms with Crippen molar-refractivity contribution in [2.45, 2.75) is 26.8 Å². The summed E-state index contributed by atoms with van der Waals surface area (Å²) < 4.78 is 20.6. The van der Waals surface area contributed by atoms with Crippen LogP contribution in [0.15, 0.2) is 12.1 Å². The van der Waals surface area contributed by atoms with Crippen LogP contribution in [0.25, 0.3) is 11.0 Å². The molecule has 1 aromatic carbocycles. The molecule has 1 N–H and O–H groups in total. The van der Waals surface area contributed by atoms with Gasteiger partial charge < -0.3 is 14.3 Å². The second-order valence-electron chi connectivity index (χ2n) is 5.13. The minimum absolute atomic E-state index is 0.00138. The maximum Gasteiger partial charge on any atom is 0.329 e. The summed E-state index contributed by atoms with van der Waals surface area (Å²) in [5.74, 6) is -0.669. The molecule has 1 unspecified atom stereocenters. The van der Waals surface area contributed by atoms with Crippen molar-refractivity contribution in [2.75, 3.05) is 7.11 Å². The fourth-order valence-electron chi connectivity index (χ4n) is 2.32. The molecule has 0 aliphatic rings. The van der Waals surface area contributed by atoms with Crippen molar-refractivity contribution in [3.63, 3.8) is 0 Å². The van der Waals surface area contributed by atoms with Gasteiger partial charge in [0.05, 0.1) is 18.1 Å². The normalized spacial score (nSPS) is 12.9. The fourth-order valence-corrected chi connectivity index (χ4v) is 2.65. The summed E-state index contributed by atoms with van der Waals surface area (Å²) in [6, 6.07) is 2.55. The molecule has 0 fully saturated rings. The van der Waals surface area contributed by atoms with E-state index >= 15 is 0 Å². The SMILES string of the molecule is COC(=O)C(C(C)C)n1c(=S)[nH]c2cc(F)c(C)cc21. The van der Waals surface area contributed by atoms with Gasteiger partial charge in [-0.25, -0.2) is 9.18 Å². The number of fused-ring (bicyclic) bond motifs is 1. The first kappa shape index (κ1) is 14.7. The fraction of sp³-hybridized carbons (Fsp3) is 0.429. The third-order valence-corrected chi connectivity index (χ3v) is 3.65. The number of methoxy groups -OCH3 is 1. The third kappa shape index (κ3) is 2.35. The van der Waals surface area contributed by atoms with E-state index < -0.39 is 6.04 Å². The minimum Gasteiger partial charge on any atom is -0.467 e. The number of aryl methyl sites for hydroxylation is 1. The quantitative estimate of drug-likeness (QED) is 0.696. The lowest BCUT2D eigenvalue weighted by molar-refractivity contribution is -0.145. The number of imidazole rings is 1. The third-order valence-electron chi connectivity index (χ3n) is 3.35. The number of carbonyl (C=O) groups is 1. The first-order valence-electron chi connectivity index (χ1n) is 6.35. The summed E-state index contributed by atoms with van der Waals surface area (Å²) in [5.41, 5.74) is 1.79. The zero-order valence-electron chi connectivity index (χ0n) is 11.9. The van der Waals surface area contributed by atoms with E-state index in [-0.39, 0.29) is 17.7 Å². The largest absolute Gasteiger partial charge is 0.467 e. The van der Waals surface area contributed by atoms with Crippen LogP contribution in [0.5, 0.6) is 0 Å². The van der Waals surface area contributed by atoms with Crippen LogP contribution in [0.3, 0.4) is 0 Å². The molecule has 0 saturated carbocycles. The van der Waals surface area contributed by atoms with E-state index in [1.54, 1.807) is 17.6 Å². The number of rotatable bonds is 3. The number of nitrogens with zero attached hydrogens (tertiary/aromatic N) is 1. The molecule has 20 heavy (non-hydrogen) atoms. The van der Waals surface area contributed by atoms with Gasteiger partial charge in [-0.15, -0.1) is 0 Å². The van der Waals surface area contributed by atoms with Crippen molar-refractivity contribution in [2.24, 2.45) is 5.92 Å². The zero-order valence-corrected chi connectivity index (χ0v) is 12.7. The molecule has 1 atom stereocenters. The topological polar surface area (TPSA) is 47.0 Å². The summed E-state index contributed by atoms with van der Waals surface area (Å²) in [6.45, 7) is 5.51. The molecule has 0 bridgehead atoms. The van der Waals surface area contributed by atoms with E-state index in [0.29, 0.717) is 21.4 Å². The van der Waals surface area contributed by atoms with Crippen molar-refractivity contribution < 1.29 is 13.9 Å². The molecule has 0 radical (unpaired) electrons. The number of hydrogen-bond donors (Lipinski definition) is 1. The van der Waals surface area contributed by atoms with Crippen molar-refractivity contribution >= 4 is 29.2 Å². The number of aromatic amines is 1. The van der Waals surface area contributed by atoms with Gasteiger partial charge in [-0.3, -0.25) is 0 Å². The van der Waals surface area contributed by atoms with Gasteiger partial charge in [0.1, 0.15) is 11.9 Å². The van der Waals surface area contributed by atoms with Crippen LogP contribution in [0.4, 0.5) is 4.39 Å². The number of hydrogen-bond acceptors (Lipinski definition) is 3. The first-order valence-corrected chi connectivity index (χ1v) is 6.75. The van der Waals surface area contributed by atoms with Gasteiger partial charge in [0.25, 0.3) is 0 Å². The average molecular weight is 296 g/mol. The van der Waals surface area contributed by atoms with Crippen molar-refractivity contribution in [3.8, 4) is 0 Å². The van der Waals surface area contributed by atoms with Crippen LogP contribution >= 0.6 is 12.2 Å². The second kappa shape index (κ2) is 5.36. The molecule has 0 aliphatic carbocycles. The van der Waals surface area contributed by atoms with E-state index in [0.717, 1.165) is 0 Å². The molecule has 0 aliphatic heterocycles. The molecule has 4 nitrogen and oxygen atoms in total. The zero-order chi connectivity index (χ0) is 15.0. The molecule has 108 valence electrons. The maximum absolute atomic E-state index is 13.6. The first-order chi connectivity index (χ1) is 9.36. The molecule has 1 heterocycles. The number of aromatic nitrogens is 2. The lowest BCUT2D eigenvalue weighted by Crippen LogP contribution is -2.25. The summed E-state index contributed by atoms with van der Waals surface area (Å²) in [5, 5.41) is 0. The molecule has 2 aromatic rings. The van der Waals surface area contributed by atoms with Crippen molar-refractivity contribution in [3.05, 3.63) is 28.3 Å². The van der Waals surface area contributed by atoms with E-state index in [9.17, 15) is 9.18 Å². The van der Waals surface area contributed by atoms with Crippen LogP contribution in [0, 0.1) is 23.4 Å². The van der Waals surface area contributed by atoms with Crippen LogP contribution in [-0.4, -0.2) is 22.6 Å². The Morgan fingerprint density at radius 1 is 1.45 bits per heavy atom. The Hall–Kier alpha value is -1.69. The number of carbonyl (C=O) groups excluding carboxylic acids is 1. The number of nitrogens with one attached hydrogen (secondary N) is 1. The van der Waals surface area contributed by atoms with Gasteiger partial charge >= 0.3 is 5.97 Å². The highest BCUT2D eigenvalue weighted by Gasteiger charge is 2.27. The number of H-pyrrole nitrogens is 1. The average Bonchev–Trinajstić information content (AvgIpc) is 2.66. The van der Waals surface area contributed by atoms with Crippen molar-refractivity contribution in [1.29, 1.82) is 0 Å². The Kier molecular flexibility index (Phi) is 3.94. The molecule has 6 heteroatoms. The number of ether oxygens (including phenoxy) is 1. The van der Waals surface area contributed by atoms with Gasteiger partial charge in [0.2, 0.25) is 0 Å². The second-order valence-corrected chi connectivity index (χ2v) is 5.52. The Balaban J connectivity index is 2.75. The Morgan fingerprint density at radius 2 is 2.10 bits per heavy atom. The molecule has 0 amide bonds. The smallest absolute Gasteiger partial charge is 0.329 e. The summed E-state index contributed by atoms with van der Waals surface area (Å²) >= 11 is 5.28. The molecular formula is C14H17FN2O2S.